The van der Waals surface area contributed by atoms with Crippen molar-refractivity contribution in [3.63, 3.8) is 0 Å². The molecule has 0 aromatic rings. The summed E-state index contributed by atoms with van der Waals surface area (Å²) in [6, 6.07) is -0.0998. The number of hydrogen-bond acceptors (Lipinski definition) is 3. The van der Waals surface area contributed by atoms with Gasteiger partial charge in [0, 0.05) is 25.2 Å². The molecule has 0 spiro atoms. The number of nitrogens with one attached hydrogen (secondary N) is 2. The van der Waals surface area contributed by atoms with Gasteiger partial charge in [0.15, 0.2) is 0 Å². The van der Waals surface area contributed by atoms with Crippen LogP contribution in [0.3, 0.4) is 0 Å². The Bertz CT molecular complexity index is 356. The first-order chi connectivity index (χ1) is 9.21. The van der Waals surface area contributed by atoms with Crippen LogP contribution in [0, 0.1) is 5.92 Å². The number of rotatable bonds is 7. The summed E-state index contributed by atoms with van der Waals surface area (Å²) in [7, 11) is 0. The lowest BCUT2D eigenvalue weighted by Crippen LogP contribution is -2.43. The van der Waals surface area contributed by atoms with Crippen molar-refractivity contribution in [3.05, 3.63) is 0 Å². The maximum atomic E-state index is 12.1. The van der Waals surface area contributed by atoms with E-state index in [1.807, 2.05) is 13.8 Å². The molecule has 1 fully saturated rings. The second-order valence-corrected chi connectivity index (χ2v) is 6.57. The highest BCUT2D eigenvalue weighted by Gasteiger charge is 2.40. The molecule has 6 nitrogen and oxygen atoms in total. The minimum Gasteiger partial charge on any atom is -0.465 e. The lowest BCUT2D eigenvalue weighted by Gasteiger charge is -2.29. The van der Waals surface area contributed by atoms with Crippen LogP contribution in [0.2, 0.25) is 0 Å². The summed E-state index contributed by atoms with van der Waals surface area (Å²) < 4.78 is 0. The number of nitrogens with zero attached hydrogens (tertiary/aromatic N) is 1. The van der Waals surface area contributed by atoms with Gasteiger partial charge in [0.2, 0.25) is 5.91 Å². The minimum atomic E-state index is -1.000. The van der Waals surface area contributed by atoms with Crippen LogP contribution >= 0.6 is 0 Å². The van der Waals surface area contributed by atoms with Crippen molar-refractivity contribution in [2.24, 2.45) is 5.92 Å². The van der Waals surface area contributed by atoms with Crippen molar-refractivity contribution < 1.29 is 14.7 Å². The standard InChI is InChI=1S/C14H27N3O3/c1-10(2)9-17(7-5-6-15-13(19)20)11-8-14(3,4)16-12(11)18/h10-11,15H,5-9H2,1-4H3,(H,16,18)(H,19,20). The van der Waals surface area contributed by atoms with Crippen LogP contribution in [-0.2, 0) is 4.79 Å². The third kappa shape index (κ3) is 5.36. The molecule has 3 N–H and O–H groups in total. The van der Waals surface area contributed by atoms with E-state index in [0.717, 1.165) is 19.5 Å². The van der Waals surface area contributed by atoms with Crippen molar-refractivity contribution in [2.75, 3.05) is 19.6 Å². The summed E-state index contributed by atoms with van der Waals surface area (Å²) in [5, 5.41) is 13.9. The summed E-state index contributed by atoms with van der Waals surface area (Å²) in [6.07, 6.45) is 0.508. The summed E-state index contributed by atoms with van der Waals surface area (Å²) in [5.41, 5.74) is -0.156. The van der Waals surface area contributed by atoms with Crippen LogP contribution < -0.4 is 10.6 Å². The fourth-order valence-electron chi connectivity index (χ4n) is 2.66. The van der Waals surface area contributed by atoms with E-state index < -0.39 is 6.09 Å². The van der Waals surface area contributed by atoms with Gasteiger partial charge in [0.05, 0.1) is 6.04 Å². The third-order valence-electron chi connectivity index (χ3n) is 3.41. The average Bonchev–Trinajstić information content (AvgIpc) is 2.55. The van der Waals surface area contributed by atoms with Gasteiger partial charge in [-0.15, -0.1) is 0 Å². The van der Waals surface area contributed by atoms with Gasteiger partial charge in [-0.1, -0.05) is 13.8 Å². The van der Waals surface area contributed by atoms with Gasteiger partial charge in [0.25, 0.3) is 0 Å². The van der Waals surface area contributed by atoms with E-state index in [0.29, 0.717) is 18.9 Å². The van der Waals surface area contributed by atoms with Crippen LogP contribution in [0.15, 0.2) is 0 Å². The molecule has 0 radical (unpaired) electrons. The average molecular weight is 285 g/mol. The Morgan fingerprint density at radius 1 is 1.55 bits per heavy atom. The van der Waals surface area contributed by atoms with Crippen LogP contribution in [-0.4, -0.2) is 53.2 Å². The Kier molecular flexibility index (Phi) is 5.80. The monoisotopic (exact) mass is 285 g/mol. The van der Waals surface area contributed by atoms with Gasteiger partial charge in [0.1, 0.15) is 0 Å². The van der Waals surface area contributed by atoms with Crippen molar-refractivity contribution in [1.29, 1.82) is 0 Å². The lowest BCUT2D eigenvalue weighted by molar-refractivity contribution is -0.124. The maximum Gasteiger partial charge on any atom is 0.404 e. The maximum absolute atomic E-state index is 12.1. The lowest BCUT2D eigenvalue weighted by atomic mass is 9.99. The molecule has 116 valence electrons. The second kappa shape index (κ2) is 6.92. The number of amides is 2. The largest absolute Gasteiger partial charge is 0.465 e. The van der Waals surface area contributed by atoms with Crippen LogP contribution in [0.1, 0.15) is 40.5 Å². The Morgan fingerprint density at radius 3 is 2.65 bits per heavy atom. The molecule has 2 amide bonds. The van der Waals surface area contributed by atoms with Crippen molar-refractivity contribution in [3.8, 4) is 0 Å². The van der Waals surface area contributed by atoms with E-state index in [9.17, 15) is 9.59 Å². The summed E-state index contributed by atoms with van der Waals surface area (Å²) in [5.74, 6) is 0.556. The van der Waals surface area contributed by atoms with Gasteiger partial charge >= 0.3 is 6.09 Å². The summed E-state index contributed by atoms with van der Waals surface area (Å²) in [6.45, 7) is 10.3. The molecule has 0 bridgehead atoms. The van der Waals surface area contributed by atoms with Crippen LogP contribution in [0.5, 0.6) is 0 Å². The normalized spacial score (nSPS) is 21.3. The molecule has 20 heavy (non-hydrogen) atoms. The second-order valence-electron chi connectivity index (χ2n) is 6.57. The van der Waals surface area contributed by atoms with E-state index in [-0.39, 0.29) is 17.5 Å². The van der Waals surface area contributed by atoms with E-state index >= 15 is 0 Å². The quantitative estimate of drug-likeness (QED) is 0.615. The molecule has 0 aromatic heterocycles. The Morgan fingerprint density at radius 2 is 2.20 bits per heavy atom. The smallest absolute Gasteiger partial charge is 0.404 e. The van der Waals surface area contributed by atoms with Crippen molar-refractivity contribution >= 4 is 12.0 Å². The van der Waals surface area contributed by atoms with Gasteiger partial charge in [-0.2, -0.15) is 0 Å². The first-order valence-electron chi connectivity index (χ1n) is 7.24. The molecule has 1 heterocycles. The van der Waals surface area contributed by atoms with Crippen LogP contribution in [0.25, 0.3) is 0 Å². The number of hydrogen-bond donors (Lipinski definition) is 3. The first-order valence-corrected chi connectivity index (χ1v) is 7.24. The molecule has 1 rings (SSSR count). The molecule has 0 saturated carbocycles. The first kappa shape index (κ1) is 16.8. The number of carbonyl (C=O) groups is 2. The molecule has 6 heteroatoms. The zero-order valence-electron chi connectivity index (χ0n) is 12.9. The molecular formula is C14H27N3O3. The molecule has 1 saturated heterocycles. The fraction of sp³-hybridized carbons (Fsp3) is 0.857. The third-order valence-corrected chi connectivity index (χ3v) is 3.41. The van der Waals surface area contributed by atoms with Gasteiger partial charge < -0.3 is 15.7 Å². The van der Waals surface area contributed by atoms with E-state index in [1.165, 1.54) is 0 Å². The van der Waals surface area contributed by atoms with Gasteiger partial charge in [-0.3, -0.25) is 9.69 Å². The van der Waals surface area contributed by atoms with E-state index in [2.05, 4.69) is 29.4 Å². The van der Waals surface area contributed by atoms with Crippen LogP contribution in [0.4, 0.5) is 4.79 Å². The zero-order chi connectivity index (χ0) is 15.3. The van der Waals surface area contributed by atoms with E-state index in [1.54, 1.807) is 0 Å². The fourth-order valence-corrected chi connectivity index (χ4v) is 2.66. The summed E-state index contributed by atoms with van der Waals surface area (Å²) in [4.78, 5) is 24.7. The van der Waals surface area contributed by atoms with Gasteiger partial charge in [-0.05, 0) is 32.6 Å². The molecule has 1 aliphatic rings. The predicted octanol–water partition coefficient (Wildman–Crippen LogP) is 1.27. The molecular weight excluding hydrogens is 258 g/mol. The highest BCUT2D eigenvalue weighted by atomic mass is 16.4. The van der Waals surface area contributed by atoms with E-state index in [4.69, 9.17) is 5.11 Å². The molecule has 1 unspecified atom stereocenters. The Hall–Kier alpha value is -1.30. The minimum absolute atomic E-state index is 0.0850. The Balaban J connectivity index is 2.55. The van der Waals surface area contributed by atoms with Crippen molar-refractivity contribution in [1.82, 2.24) is 15.5 Å². The Labute approximate surface area is 120 Å². The molecule has 1 aliphatic heterocycles. The summed E-state index contributed by atoms with van der Waals surface area (Å²) >= 11 is 0. The zero-order valence-corrected chi connectivity index (χ0v) is 12.9. The highest BCUT2D eigenvalue weighted by molar-refractivity contribution is 5.85. The molecule has 0 aliphatic carbocycles. The molecule has 0 aromatic carbocycles. The van der Waals surface area contributed by atoms with Gasteiger partial charge in [-0.25, -0.2) is 4.79 Å². The topological polar surface area (TPSA) is 81.7 Å². The SMILES string of the molecule is CC(C)CN(CCCNC(=O)O)C1CC(C)(C)NC1=O. The number of carbonyl (C=O) groups excluding carboxylic acids is 1. The van der Waals surface area contributed by atoms with Crippen molar-refractivity contribution in [2.45, 2.75) is 52.1 Å². The predicted molar refractivity (Wildman–Crippen MR) is 77.7 cm³/mol. The molecule has 1 atom stereocenters. The number of carboxylic acid groups (broad SMARTS) is 1. The highest BCUT2D eigenvalue weighted by Crippen LogP contribution is 2.24.